The van der Waals surface area contributed by atoms with E-state index in [1.807, 2.05) is 25.1 Å². The predicted molar refractivity (Wildman–Crippen MR) is 106 cm³/mol. The predicted octanol–water partition coefficient (Wildman–Crippen LogP) is 3.14. The lowest BCUT2D eigenvalue weighted by Crippen LogP contribution is -2.40. The van der Waals surface area contributed by atoms with Gasteiger partial charge in [0.15, 0.2) is 5.13 Å². The van der Waals surface area contributed by atoms with Crippen LogP contribution in [-0.2, 0) is 14.3 Å². The third-order valence-electron chi connectivity index (χ3n) is 4.58. The van der Waals surface area contributed by atoms with Gasteiger partial charge in [-0.1, -0.05) is 30.3 Å². The first-order valence-corrected chi connectivity index (χ1v) is 10.2. The van der Waals surface area contributed by atoms with Gasteiger partial charge >= 0.3 is 0 Å². The Morgan fingerprint density at radius 1 is 1.33 bits per heavy atom. The number of nitrogens with zero attached hydrogens (tertiary/aromatic N) is 2. The summed E-state index contributed by atoms with van der Waals surface area (Å²) in [6.07, 6.45) is 3.20. The zero-order chi connectivity index (χ0) is 19.1. The molecule has 1 aliphatic carbocycles. The summed E-state index contributed by atoms with van der Waals surface area (Å²) in [4.78, 5) is 31.0. The minimum absolute atomic E-state index is 0.0350. The minimum Gasteiger partial charge on any atom is -0.382 e. The molecule has 0 aliphatic heterocycles. The first-order chi connectivity index (χ1) is 13.2. The highest BCUT2D eigenvalue weighted by Crippen LogP contribution is 2.48. The quantitative estimate of drug-likeness (QED) is 0.636. The Labute approximate surface area is 163 Å². The monoisotopic (exact) mass is 387 g/mol. The number of aromatic nitrogens is 1. The number of nitrogens with one attached hydrogen (secondary N) is 1. The van der Waals surface area contributed by atoms with Gasteiger partial charge in [0.25, 0.3) is 0 Å². The molecule has 1 aromatic carbocycles. The fourth-order valence-corrected chi connectivity index (χ4v) is 3.70. The zero-order valence-electron chi connectivity index (χ0n) is 15.5. The average Bonchev–Trinajstić information content (AvgIpc) is 3.33. The van der Waals surface area contributed by atoms with E-state index in [4.69, 9.17) is 4.74 Å². The molecule has 7 heteroatoms. The van der Waals surface area contributed by atoms with Crippen LogP contribution in [0.3, 0.4) is 0 Å². The molecule has 0 saturated heterocycles. The van der Waals surface area contributed by atoms with Gasteiger partial charge in [-0.05, 0) is 31.2 Å². The summed E-state index contributed by atoms with van der Waals surface area (Å²) in [6.45, 7) is 3.74. The van der Waals surface area contributed by atoms with Crippen LogP contribution in [0.5, 0.6) is 0 Å². The highest BCUT2D eigenvalue weighted by atomic mass is 32.1. The number of rotatable bonds is 10. The van der Waals surface area contributed by atoms with E-state index in [9.17, 15) is 9.59 Å². The standard InChI is InChI=1S/C20H25N3O3S/c1-2-26-11-6-10-23(14-18(24)22-20-21-9-12-27-20)19(25)17-13-16(17)15-7-4-3-5-8-15/h3-5,7-9,12,16-17H,2,6,10-11,13-14H2,1H3,(H,21,22,24). The number of anilines is 1. The van der Waals surface area contributed by atoms with Crippen molar-refractivity contribution in [1.82, 2.24) is 9.88 Å². The van der Waals surface area contributed by atoms with Crippen LogP contribution < -0.4 is 5.32 Å². The van der Waals surface area contributed by atoms with Gasteiger partial charge in [-0.25, -0.2) is 4.98 Å². The van der Waals surface area contributed by atoms with Crippen molar-refractivity contribution in [3.05, 3.63) is 47.5 Å². The zero-order valence-corrected chi connectivity index (χ0v) is 16.3. The maximum absolute atomic E-state index is 13.0. The summed E-state index contributed by atoms with van der Waals surface area (Å²) in [5.74, 6) is 0.0588. The Morgan fingerprint density at radius 3 is 2.85 bits per heavy atom. The van der Waals surface area contributed by atoms with Crippen molar-refractivity contribution in [2.45, 2.75) is 25.7 Å². The molecule has 1 heterocycles. The first kappa shape index (κ1) is 19.5. The molecule has 6 nitrogen and oxygen atoms in total. The number of thiazole rings is 1. The van der Waals surface area contributed by atoms with Crippen molar-refractivity contribution in [3.8, 4) is 0 Å². The largest absolute Gasteiger partial charge is 0.382 e. The molecule has 2 atom stereocenters. The molecule has 144 valence electrons. The number of ether oxygens (including phenoxy) is 1. The Hall–Kier alpha value is -2.25. The maximum Gasteiger partial charge on any atom is 0.245 e. The normalized spacial score (nSPS) is 18.1. The minimum atomic E-state index is -0.216. The number of amides is 2. The third-order valence-corrected chi connectivity index (χ3v) is 5.27. The van der Waals surface area contributed by atoms with Crippen molar-refractivity contribution in [3.63, 3.8) is 0 Å². The third kappa shape index (κ3) is 5.61. The van der Waals surface area contributed by atoms with E-state index in [0.29, 0.717) is 31.3 Å². The Bertz CT molecular complexity index is 736. The second kappa shape index (κ2) is 9.62. The molecule has 3 rings (SSSR count). The van der Waals surface area contributed by atoms with Crippen molar-refractivity contribution in [2.24, 2.45) is 5.92 Å². The van der Waals surface area contributed by atoms with Crippen LogP contribution in [0.1, 0.15) is 31.2 Å². The van der Waals surface area contributed by atoms with Gasteiger partial charge in [0.1, 0.15) is 0 Å². The summed E-state index contributed by atoms with van der Waals surface area (Å²) >= 11 is 1.36. The molecule has 1 N–H and O–H groups in total. The highest BCUT2D eigenvalue weighted by Gasteiger charge is 2.45. The summed E-state index contributed by atoms with van der Waals surface area (Å²) in [7, 11) is 0. The van der Waals surface area contributed by atoms with Gasteiger partial charge in [-0.3, -0.25) is 9.59 Å². The molecule has 1 aliphatic rings. The summed E-state index contributed by atoms with van der Waals surface area (Å²) < 4.78 is 5.37. The second-order valence-corrected chi connectivity index (χ2v) is 7.45. The Morgan fingerprint density at radius 2 is 2.15 bits per heavy atom. The lowest BCUT2D eigenvalue weighted by Gasteiger charge is -2.22. The molecule has 2 amide bonds. The van der Waals surface area contributed by atoms with E-state index < -0.39 is 0 Å². The van der Waals surface area contributed by atoms with Gasteiger partial charge in [-0.15, -0.1) is 11.3 Å². The fourth-order valence-electron chi connectivity index (χ4n) is 3.16. The Balaban J connectivity index is 1.58. The lowest BCUT2D eigenvalue weighted by molar-refractivity contribution is -0.136. The maximum atomic E-state index is 13.0. The van der Waals surface area contributed by atoms with Gasteiger partial charge in [0, 0.05) is 37.3 Å². The summed E-state index contributed by atoms with van der Waals surface area (Å²) in [5, 5.41) is 5.11. The van der Waals surface area contributed by atoms with Gasteiger partial charge in [0.2, 0.25) is 11.8 Å². The Kier molecular flexibility index (Phi) is 6.95. The second-order valence-electron chi connectivity index (χ2n) is 6.56. The molecule has 0 radical (unpaired) electrons. The van der Waals surface area contributed by atoms with E-state index in [1.54, 1.807) is 16.5 Å². The molecule has 2 unspecified atom stereocenters. The van der Waals surface area contributed by atoms with Crippen LogP contribution in [-0.4, -0.2) is 48.0 Å². The van der Waals surface area contributed by atoms with E-state index in [1.165, 1.54) is 16.9 Å². The highest BCUT2D eigenvalue weighted by molar-refractivity contribution is 7.13. The van der Waals surface area contributed by atoms with Crippen LogP contribution >= 0.6 is 11.3 Å². The van der Waals surface area contributed by atoms with Crippen molar-refractivity contribution >= 4 is 28.3 Å². The summed E-state index contributed by atoms with van der Waals surface area (Å²) in [6, 6.07) is 10.1. The molecule has 2 aromatic rings. The van der Waals surface area contributed by atoms with Crippen molar-refractivity contribution in [1.29, 1.82) is 0 Å². The van der Waals surface area contributed by atoms with Crippen molar-refractivity contribution < 1.29 is 14.3 Å². The molecule has 27 heavy (non-hydrogen) atoms. The molecule has 0 bridgehead atoms. The fraction of sp³-hybridized carbons (Fsp3) is 0.450. The topological polar surface area (TPSA) is 71.5 Å². The van der Waals surface area contributed by atoms with Crippen LogP contribution in [0, 0.1) is 5.92 Å². The number of carbonyl (C=O) groups is 2. The van der Waals surface area contributed by atoms with E-state index in [2.05, 4.69) is 22.4 Å². The van der Waals surface area contributed by atoms with Crippen LogP contribution in [0.4, 0.5) is 5.13 Å². The average molecular weight is 388 g/mol. The molecule has 0 spiro atoms. The molecule has 1 saturated carbocycles. The van der Waals surface area contributed by atoms with Crippen LogP contribution in [0.2, 0.25) is 0 Å². The number of carbonyl (C=O) groups excluding carboxylic acids is 2. The van der Waals surface area contributed by atoms with Gasteiger partial charge < -0.3 is 15.0 Å². The van der Waals surface area contributed by atoms with Crippen LogP contribution in [0.25, 0.3) is 0 Å². The molecule has 1 fully saturated rings. The molecular formula is C20H25N3O3S. The van der Waals surface area contributed by atoms with E-state index in [-0.39, 0.29) is 30.2 Å². The number of benzene rings is 1. The first-order valence-electron chi connectivity index (χ1n) is 9.30. The molecular weight excluding hydrogens is 362 g/mol. The van der Waals surface area contributed by atoms with Gasteiger partial charge in [0.05, 0.1) is 6.54 Å². The van der Waals surface area contributed by atoms with Crippen molar-refractivity contribution in [2.75, 3.05) is 31.6 Å². The molecule has 1 aromatic heterocycles. The lowest BCUT2D eigenvalue weighted by atomic mass is 10.1. The number of hydrogen-bond acceptors (Lipinski definition) is 5. The smallest absolute Gasteiger partial charge is 0.245 e. The van der Waals surface area contributed by atoms with Gasteiger partial charge in [-0.2, -0.15) is 0 Å². The van der Waals surface area contributed by atoms with E-state index in [0.717, 1.165) is 6.42 Å². The SMILES string of the molecule is CCOCCCN(CC(=O)Nc1nccs1)C(=O)C1CC1c1ccccc1. The summed E-state index contributed by atoms with van der Waals surface area (Å²) in [5.41, 5.74) is 1.19. The van der Waals surface area contributed by atoms with Crippen LogP contribution in [0.15, 0.2) is 41.9 Å². The number of hydrogen-bond donors (Lipinski definition) is 1. The van der Waals surface area contributed by atoms with E-state index >= 15 is 0 Å².